The minimum absolute atomic E-state index is 0.0928. The third-order valence-corrected chi connectivity index (χ3v) is 4.48. The summed E-state index contributed by atoms with van der Waals surface area (Å²) in [5.41, 5.74) is -0.714. The highest BCUT2D eigenvalue weighted by Crippen LogP contribution is 2.55. The van der Waals surface area contributed by atoms with E-state index in [9.17, 15) is 14.4 Å². The molecule has 1 saturated heterocycles. The number of hydrogen-bond acceptors (Lipinski definition) is 5. The maximum atomic E-state index is 12.7. The lowest BCUT2D eigenvalue weighted by molar-refractivity contribution is 0.0369. The largest absolute Gasteiger partial charge is 0.490 e. The van der Waals surface area contributed by atoms with Crippen molar-refractivity contribution in [3.05, 3.63) is 35.4 Å². The lowest BCUT2D eigenvalue weighted by Gasteiger charge is -2.30. The van der Waals surface area contributed by atoms with Gasteiger partial charge in [0, 0.05) is 23.5 Å². The molecule has 0 aromatic rings. The van der Waals surface area contributed by atoms with E-state index in [0.29, 0.717) is 12.1 Å². The van der Waals surface area contributed by atoms with Gasteiger partial charge in [0.05, 0.1) is 7.11 Å². The minimum atomic E-state index is -0.821. The van der Waals surface area contributed by atoms with Gasteiger partial charge < -0.3 is 9.47 Å². The van der Waals surface area contributed by atoms with E-state index in [4.69, 9.17) is 9.47 Å². The Kier molecular flexibility index (Phi) is 5.07. The van der Waals surface area contributed by atoms with Gasteiger partial charge in [-0.3, -0.25) is 0 Å². The predicted molar refractivity (Wildman–Crippen MR) is 91.5 cm³/mol. The van der Waals surface area contributed by atoms with Gasteiger partial charge in [-0.2, -0.15) is 0 Å². The van der Waals surface area contributed by atoms with Gasteiger partial charge in [-0.1, -0.05) is 19.1 Å². The van der Waals surface area contributed by atoms with Crippen molar-refractivity contribution >= 4 is 18.0 Å². The standard InChI is InChI=1S/C19H23NO5/c1-18(2,3)25-17(23)20-15-9-7-6-8-14(15)19(4,16(20)12-22)10-13(11-21)24-5/h6-7,9,14H,8,10H2,1-5H3. The van der Waals surface area contributed by atoms with Crippen LogP contribution in [0.15, 0.2) is 35.4 Å². The molecule has 0 saturated carbocycles. The molecular formula is C19H23NO5. The van der Waals surface area contributed by atoms with Gasteiger partial charge in [-0.25, -0.2) is 19.3 Å². The van der Waals surface area contributed by atoms with Crippen LogP contribution in [0.1, 0.15) is 40.5 Å². The summed E-state index contributed by atoms with van der Waals surface area (Å²) in [5.74, 6) is 3.59. The van der Waals surface area contributed by atoms with Gasteiger partial charge in [0.15, 0.2) is 11.7 Å². The fraction of sp³-hybridized carbons (Fsp3) is 0.526. The number of allylic oxidation sites excluding steroid dienone is 6. The van der Waals surface area contributed by atoms with Crippen molar-refractivity contribution in [2.45, 2.75) is 46.1 Å². The second kappa shape index (κ2) is 6.75. The number of hydrogen-bond donors (Lipinski definition) is 0. The number of carbonyl (C=O) groups excluding carboxylic acids is 3. The first-order valence-electron chi connectivity index (χ1n) is 8.11. The van der Waals surface area contributed by atoms with Crippen LogP contribution in [0.4, 0.5) is 4.79 Å². The van der Waals surface area contributed by atoms with Crippen molar-refractivity contribution in [1.29, 1.82) is 0 Å². The highest BCUT2D eigenvalue weighted by atomic mass is 16.6. The zero-order valence-corrected chi connectivity index (χ0v) is 15.2. The Bertz CT molecular complexity index is 729. The summed E-state index contributed by atoms with van der Waals surface area (Å²) in [6.07, 6.45) is 5.73. The average Bonchev–Trinajstić information content (AvgIpc) is 2.80. The summed E-state index contributed by atoms with van der Waals surface area (Å²) in [6, 6.07) is 0. The molecule has 6 nitrogen and oxygen atoms in total. The lowest BCUT2D eigenvalue weighted by atomic mass is 9.71. The molecule has 2 atom stereocenters. The molecule has 1 fully saturated rings. The molecule has 134 valence electrons. The summed E-state index contributed by atoms with van der Waals surface area (Å²) in [5, 5.41) is 0. The van der Waals surface area contributed by atoms with E-state index < -0.39 is 17.1 Å². The van der Waals surface area contributed by atoms with Crippen LogP contribution in [0.2, 0.25) is 0 Å². The first kappa shape index (κ1) is 18.8. The molecule has 0 aromatic heterocycles. The van der Waals surface area contributed by atoms with Crippen LogP contribution in [0.5, 0.6) is 0 Å². The molecule has 1 aliphatic heterocycles. The van der Waals surface area contributed by atoms with E-state index in [1.165, 1.54) is 12.0 Å². The first-order chi connectivity index (χ1) is 11.7. The normalized spacial score (nSPS) is 24.8. The van der Waals surface area contributed by atoms with E-state index in [-0.39, 0.29) is 23.8 Å². The fourth-order valence-corrected chi connectivity index (χ4v) is 3.34. The van der Waals surface area contributed by atoms with E-state index in [1.807, 2.05) is 25.0 Å². The molecule has 6 heteroatoms. The molecule has 2 unspecified atom stereocenters. The van der Waals surface area contributed by atoms with Crippen molar-refractivity contribution < 1.29 is 23.9 Å². The lowest BCUT2D eigenvalue weighted by Crippen LogP contribution is -2.35. The van der Waals surface area contributed by atoms with Crippen molar-refractivity contribution in [1.82, 2.24) is 4.90 Å². The SMILES string of the molecule is COC(=C=O)CC1(C)C(=C=O)N(C(=O)OC(C)(C)C)C2=CC=CCC21. The Morgan fingerprint density at radius 2 is 2.08 bits per heavy atom. The van der Waals surface area contributed by atoms with Crippen LogP contribution in [0, 0.1) is 11.3 Å². The predicted octanol–water partition coefficient (Wildman–Crippen LogP) is 3.17. The Labute approximate surface area is 147 Å². The third-order valence-electron chi connectivity index (χ3n) is 4.48. The van der Waals surface area contributed by atoms with Crippen LogP contribution < -0.4 is 0 Å². The van der Waals surface area contributed by atoms with Gasteiger partial charge in [0.2, 0.25) is 0 Å². The first-order valence-corrected chi connectivity index (χ1v) is 8.11. The zero-order chi connectivity index (χ0) is 18.8. The van der Waals surface area contributed by atoms with Crippen LogP contribution in [-0.4, -0.2) is 35.6 Å². The summed E-state index contributed by atoms with van der Waals surface area (Å²) in [6.45, 7) is 7.10. The number of ether oxygens (including phenoxy) is 2. The van der Waals surface area contributed by atoms with E-state index in [2.05, 4.69) is 0 Å². The molecule has 2 aliphatic rings. The van der Waals surface area contributed by atoms with E-state index in [0.717, 1.165) is 0 Å². The Morgan fingerprint density at radius 3 is 2.60 bits per heavy atom. The van der Waals surface area contributed by atoms with Crippen LogP contribution in [-0.2, 0) is 19.1 Å². The molecule has 0 spiro atoms. The monoisotopic (exact) mass is 345 g/mol. The summed E-state index contributed by atoms with van der Waals surface area (Å²) in [7, 11) is 1.38. The van der Waals surface area contributed by atoms with Crippen LogP contribution in [0.25, 0.3) is 0 Å². The summed E-state index contributed by atoms with van der Waals surface area (Å²) >= 11 is 0. The van der Waals surface area contributed by atoms with Crippen molar-refractivity contribution in [3.63, 3.8) is 0 Å². The topological polar surface area (TPSA) is 72.9 Å². The quantitative estimate of drug-likeness (QED) is 0.580. The van der Waals surface area contributed by atoms with Crippen molar-refractivity contribution in [2.24, 2.45) is 11.3 Å². The van der Waals surface area contributed by atoms with Crippen molar-refractivity contribution in [3.8, 4) is 0 Å². The van der Waals surface area contributed by atoms with Gasteiger partial charge in [0.25, 0.3) is 0 Å². The molecule has 0 N–H and O–H groups in total. The number of carbonyl (C=O) groups is 1. The van der Waals surface area contributed by atoms with E-state index >= 15 is 0 Å². The number of rotatable bonds is 3. The molecule has 25 heavy (non-hydrogen) atoms. The van der Waals surface area contributed by atoms with Crippen LogP contribution in [0.3, 0.4) is 0 Å². The molecular weight excluding hydrogens is 322 g/mol. The Morgan fingerprint density at radius 1 is 1.40 bits per heavy atom. The van der Waals surface area contributed by atoms with Gasteiger partial charge in [-0.15, -0.1) is 0 Å². The second-order valence-corrected chi connectivity index (χ2v) is 7.40. The molecule has 2 rings (SSSR count). The Hall–Kier alpha value is -2.55. The number of methoxy groups -OCH3 is 1. The third kappa shape index (κ3) is 3.46. The summed E-state index contributed by atoms with van der Waals surface area (Å²) in [4.78, 5) is 36.9. The summed E-state index contributed by atoms with van der Waals surface area (Å²) < 4.78 is 10.5. The molecule has 0 aromatic carbocycles. The highest BCUT2D eigenvalue weighted by molar-refractivity contribution is 5.79. The van der Waals surface area contributed by atoms with Crippen molar-refractivity contribution in [2.75, 3.05) is 7.11 Å². The number of likely N-dealkylation sites (tertiary alicyclic amines) is 1. The van der Waals surface area contributed by atoms with Crippen LogP contribution >= 0.6 is 0 Å². The smallest absolute Gasteiger partial charge is 0.419 e. The van der Waals surface area contributed by atoms with Gasteiger partial charge >= 0.3 is 6.09 Å². The average molecular weight is 345 g/mol. The second-order valence-electron chi connectivity index (χ2n) is 7.40. The molecule has 0 bridgehead atoms. The molecule has 1 aliphatic carbocycles. The zero-order valence-electron chi connectivity index (χ0n) is 15.2. The minimum Gasteiger partial charge on any atom is -0.490 e. The molecule has 1 heterocycles. The number of nitrogens with zero attached hydrogens (tertiary/aromatic N) is 1. The highest BCUT2D eigenvalue weighted by Gasteiger charge is 2.54. The number of amides is 1. The maximum Gasteiger partial charge on any atom is 0.419 e. The van der Waals surface area contributed by atoms with Gasteiger partial charge in [0.1, 0.15) is 17.2 Å². The Balaban J connectivity index is 2.52. The number of fused-ring (bicyclic) bond motifs is 1. The molecule has 1 amide bonds. The fourth-order valence-electron chi connectivity index (χ4n) is 3.34. The van der Waals surface area contributed by atoms with Gasteiger partial charge in [-0.05, 0) is 33.3 Å². The maximum absolute atomic E-state index is 12.7. The van der Waals surface area contributed by atoms with E-state index in [1.54, 1.807) is 32.8 Å². The molecule has 0 radical (unpaired) electrons.